The predicted octanol–water partition coefficient (Wildman–Crippen LogP) is 2.03. The molecule has 2 N–H and O–H groups in total. The van der Waals surface area contributed by atoms with Crippen molar-refractivity contribution >= 4 is 28.8 Å². The second kappa shape index (κ2) is 5.33. The Kier molecular flexibility index (Phi) is 3.91. The average Bonchev–Trinajstić information content (AvgIpc) is 2.79. The molecular formula is C10H7ClF3N5S. The molecule has 2 rings (SSSR count). The van der Waals surface area contributed by atoms with Crippen LogP contribution in [0.4, 0.5) is 13.2 Å². The average molecular weight is 322 g/mol. The maximum absolute atomic E-state index is 12.5. The first kappa shape index (κ1) is 14.7. The van der Waals surface area contributed by atoms with Crippen LogP contribution in [0.5, 0.6) is 0 Å². The van der Waals surface area contributed by atoms with E-state index >= 15 is 0 Å². The van der Waals surface area contributed by atoms with Crippen LogP contribution in [-0.4, -0.2) is 25.0 Å². The summed E-state index contributed by atoms with van der Waals surface area (Å²) in [4.78, 5) is 3.76. The third-order valence-corrected chi connectivity index (χ3v) is 2.88. The summed E-state index contributed by atoms with van der Waals surface area (Å²) < 4.78 is 38.7. The van der Waals surface area contributed by atoms with Crippen molar-refractivity contribution in [3.63, 3.8) is 0 Å². The highest BCUT2D eigenvalue weighted by molar-refractivity contribution is 7.80. The predicted molar refractivity (Wildman–Crippen MR) is 69.3 cm³/mol. The van der Waals surface area contributed by atoms with Gasteiger partial charge in [-0.15, -0.1) is 5.10 Å². The highest BCUT2D eigenvalue weighted by Crippen LogP contribution is 2.31. The van der Waals surface area contributed by atoms with Gasteiger partial charge in [0.25, 0.3) is 0 Å². The number of pyridine rings is 1. The number of hydrogen-bond donors (Lipinski definition) is 1. The van der Waals surface area contributed by atoms with Gasteiger partial charge in [0.2, 0.25) is 0 Å². The molecule has 2 aromatic rings. The summed E-state index contributed by atoms with van der Waals surface area (Å²) in [5.41, 5.74) is 5.00. The van der Waals surface area contributed by atoms with Gasteiger partial charge in [0.1, 0.15) is 10.7 Å². The summed E-state index contributed by atoms with van der Waals surface area (Å²) in [7, 11) is 0. The number of aromatic nitrogens is 4. The highest BCUT2D eigenvalue weighted by Gasteiger charge is 2.31. The Morgan fingerprint density at radius 1 is 1.45 bits per heavy atom. The molecule has 0 saturated carbocycles. The minimum Gasteiger partial charge on any atom is -0.388 e. The number of nitrogens with zero attached hydrogens (tertiary/aromatic N) is 4. The van der Waals surface area contributed by atoms with Gasteiger partial charge >= 0.3 is 6.18 Å². The Labute approximate surface area is 121 Å². The van der Waals surface area contributed by atoms with Crippen LogP contribution in [0.1, 0.15) is 17.0 Å². The van der Waals surface area contributed by atoms with E-state index in [0.29, 0.717) is 11.9 Å². The molecule has 0 bridgehead atoms. The van der Waals surface area contributed by atoms with Crippen molar-refractivity contribution in [3.05, 3.63) is 40.4 Å². The first-order valence-electron chi connectivity index (χ1n) is 5.19. The lowest BCUT2D eigenvalue weighted by Crippen LogP contribution is -2.10. The summed E-state index contributed by atoms with van der Waals surface area (Å²) in [6, 6.07) is 0.815. The fourth-order valence-corrected chi connectivity index (χ4v) is 1.70. The lowest BCUT2D eigenvalue weighted by molar-refractivity contribution is -0.137. The van der Waals surface area contributed by atoms with Crippen LogP contribution in [-0.2, 0) is 12.7 Å². The van der Waals surface area contributed by atoms with Crippen molar-refractivity contribution in [1.82, 2.24) is 20.0 Å². The van der Waals surface area contributed by atoms with E-state index in [9.17, 15) is 13.2 Å². The van der Waals surface area contributed by atoms with E-state index in [1.54, 1.807) is 0 Å². The molecule has 2 heterocycles. The van der Waals surface area contributed by atoms with Crippen LogP contribution < -0.4 is 5.73 Å². The quantitative estimate of drug-likeness (QED) is 0.876. The molecule has 0 atom stereocenters. The van der Waals surface area contributed by atoms with Crippen molar-refractivity contribution in [2.75, 3.05) is 0 Å². The number of hydrogen-bond acceptors (Lipinski definition) is 4. The Balaban J connectivity index is 2.23. The van der Waals surface area contributed by atoms with Gasteiger partial charge in [-0.25, -0.2) is 4.68 Å². The van der Waals surface area contributed by atoms with E-state index < -0.39 is 11.7 Å². The Hall–Kier alpha value is -1.74. The molecule has 5 nitrogen and oxygen atoms in total. The number of alkyl halides is 3. The number of thiocarbonyl (C=S) groups is 1. The molecule has 0 aliphatic heterocycles. The number of halogens is 4. The van der Waals surface area contributed by atoms with Crippen molar-refractivity contribution in [2.45, 2.75) is 12.7 Å². The lowest BCUT2D eigenvalue weighted by Gasteiger charge is -2.08. The summed E-state index contributed by atoms with van der Waals surface area (Å²) in [5.74, 6) is 0. The van der Waals surface area contributed by atoms with Crippen LogP contribution in [0.25, 0.3) is 0 Å². The molecule has 0 fully saturated rings. The van der Waals surface area contributed by atoms with E-state index in [0.717, 1.165) is 6.07 Å². The van der Waals surface area contributed by atoms with Crippen LogP contribution in [0.3, 0.4) is 0 Å². The molecular weight excluding hydrogens is 315 g/mol. The van der Waals surface area contributed by atoms with E-state index in [1.807, 2.05) is 0 Å². The highest BCUT2D eigenvalue weighted by atomic mass is 35.5. The Morgan fingerprint density at radius 3 is 2.65 bits per heavy atom. The molecule has 10 heteroatoms. The molecule has 20 heavy (non-hydrogen) atoms. The van der Waals surface area contributed by atoms with Gasteiger partial charge in [0, 0.05) is 6.20 Å². The zero-order valence-corrected chi connectivity index (χ0v) is 11.3. The van der Waals surface area contributed by atoms with Crippen LogP contribution in [0.15, 0.2) is 18.5 Å². The van der Waals surface area contributed by atoms with Gasteiger partial charge in [-0.05, 0) is 6.07 Å². The maximum atomic E-state index is 12.5. The molecule has 0 radical (unpaired) electrons. The molecule has 0 aliphatic carbocycles. The molecule has 0 aliphatic rings. The molecule has 0 aromatic carbocycles. The second-order valence-corrected chi connectivity index (χ2v) is 4.66. The lowest BCUT2D eigenvalue weighted by atomic mass is 10.2. The van der Waals surface area contributed by atoms with Crippen LogP contribution >= 0.6 is 23.8 Å². The molecule has 2 aromatic heterocycles. The van der Waals surface area contributed by atoms with Gasteiger partial charge in [0.05, 0.1) is 29.0 Å². The van der Waals surface area contributed by atoms with Crippen LogP contribution in [0.2, 0.25) is 5.02 Å². The molecule has 0 unspecified atom stereocenters. The zero-order valence-electron chi connectivity index (χ0n) is 9.73. The summed E-state index contributed by atoms with van der Waals surface area (Å²) in [6.07, 6.45) is -2.31. The minimum absolute atomic E-state index is 0.0621. The minimum atomic E-state index is -4.48. The Bertz CT molecular complexity index is 655. The fraction of sp³-hybridized carbons (Fsp3) is 0.200. The summed E-state index contributed by atoms with van der Waals surface area (Å²) in [5, 5.41) is 7.31. The third kappa shape index (κ3) is 3.23. The Morgan fingerprint density at radius 2 is 2.15 bits per heavy atom. The monoisotopic (exact) mass is 321 g/mol. The molecule has 0 spiro atoms. The molecule has 0 saturated heterocycles. The largest absolute Gasteiger partial charge is 0.417 e. The SMILES string of the molecule is NC(=S)c1cn(Cc2ncc(C(F)(F)F)cc2Cl)nn1. The van der Waals surface area contributed by atoms with Gasteiger partial charge < -0.3 is 5.73 Å². The van der Waals surface area contributed by atoms with Crippen LogP contribution in [0, 0.1) is 0 Å². The molecule has 106 valence electrons. The van der Waals surface area contributed by atoms with Crippen molar-refractivity contribution in [2.24, 2.45) is 5.73 Å². The first-order valence-corrected chi connectivity index (χ1v) is 5.97. The maximum Gasteiger partial charge on any atom is 0.417 e. The smallest absolute Gasteiger partial charge is 0.388 e. The summed E-state index contributed by atoms with van der Waals surface area (Å²) >= 11 is 10.5. The van der Waals surface area contributed by atoms with Crippen molar-refractivity contribution < 1.29 is 13.2 Å². The normalized spacial score (nSPS) is 11.6. The summed E-state index contributed by atoms with van der Waals surface area (Å²) in [6.45, 7) is 0.0621. The third-order valence-electron chi connectivity index (χ3n) is 2.35. The van der Waals surface area contributed by atoms with Gasteiger partial charge in [-0.3, -0.25) is 4.98 Å². The van der Waals surface area contributed by atoms with E-state index in [-0.39, 0.29) is 22.2 Å². The second-order valence-electron chi connectivity index (χ2n) is 3.82. The zero-order chi connectivity index (χ0) is 14.9. The van der Waals surface area contributed by atoms with E-state index in [4.69, 9.17) is 29.6 Å². The number of rotatable bonds is 3. The molecule has 0 amide bonds. The first-order chi connectivity index (χ1) is 9.27. The van der Waals surface area contributed by atoms with E-state index in [2.05, 4.69) is 15.3 Å². The number of nitrogens with two attached hydrogens (primary N) is 1. The van der Waals surface area contributed by atoms with Gasteiger partial charge in [0.15, 0.2) is 0 Å². The van der Waals surface area contributed by atoms with Gasteiger partial charge in [-0.2, -0.15) is 13.2 Å². The van der Waals surface area contributed by atoms with Gasteiger partial charge in [-0.1, -0.05) is 29.0 Å². The van der Waals surface area contributed by atoms with Crippen molar-refractivity contribution in [3.8, 4) is 0 Å². The standard InChI is InChI=1S/C10H7ClF3N5S/c11-6-1-5(10(12,13)14)2-16-7(6)3-19-4-8(9(15)20)17-18-19/h1-2,4H,3H2,(H2,15,20). The fourth-order valence-electron chi connectivity index (χ4n) is 1.38. The van der Waals surface area contributed by atoms with Crippen molar-refractivity contribution in [1.29, 1.82) is 0 Å². The topological polar surface area (TPSA) is 69.6 Å². The van der Waals surface area contributed by atoms with E-state index in [1.165, 1.54) is 10.9 Å².